The Morgan fingerprint density at radius 3 is 2.55 bits per heavy atom. The minimum atomic E-state index is -0.946. The lowest BCUT2D eigenvalue weighted by Crippen LogP contribution is -2.17. The number of amides is 1. The van der Waals surface area contributed by atoms with Crippen molar-refractivity contribution in [3.63, 3.8) is 0 Å². The van der Waals surface area contributed by atoms with Crippen molar-refractivity contribution in [2.45, 2.75) is 26.1 Å². The number of rotatable bonds is 11. The molecule has 2 aromatic rings. The van der Waals surface area contributed by atoms with Crippen LogP contribution >= 0.6 is 46.9 Å². The Morgan fingerprint density at radius 1 is 1.30 bits per heavy atom. The molecule has 0 aliphatic rings. The van der Waals surface area contributed by atoms with E-state index in [1.807, 2.05) is 0 Å². The summed E-state index contributed by atoms with van der Waals surface area (Å²) in [5, 5.41) is 17.4. The Kier molecular flexibility index (Phi) is 11.7. The van der Waals surface area contributed by atoms with Crippen molar-refractivity contribution in [1.82, 2.24) is 4.98 Å². The Labute approximate surface area is 207 Å². The van der Waals surface area contributed by atoms with Gasteiger partial charge in [0.1, 0.15) is 24.3 Å². The highest BCUT2D eigenvalue weighted by molar-refractivity contribution is 7.14. The Morgan fingerprint density at radius 2 is 1.97 bits per heavy atom. The molecule has 33 heavy (non-hydrogen) atoms. The van der Waals surface area contributed by atoms with Gasteiger partial charge in [-0.1, -0.05) is 5.16 Å². The lowest BCUT2D eigenvalue weighted by atomic mass is 10.2. The van der Waals surface area contributed by atoms with Gasteiger partial charge in [-0.15, -0.1) is 35.3 Å². The number of alkyl halides is 1. The molecular weight excluding hydrogens is 523 g/mol. The van der Waals surface area contributed by atoms with Gasteiger partial charge in [0.05, 0.1) is 11.3 Å². The van der Waals surface area contributed by atoms with E-state index >= 15 is 0 Å². The van der Waals surface area contributed by atoms with Crippen LogP contribution in [0.4, 0.5) is 10.8 Å². The summed E-state index contributed by atoms with van der Waals surface area (Å²) in [5.41, 5.74) is 0.276. The number of carbonyl (C=O) groups excluding carboxylic acids is 3. The molecule has 0 radical (unpaired) electrons. The minimum absolute atomic E-state index is 0. The summed E-state index contributed by atoms with van der Waals surface area (Å²) in [5.74, 6) is -1.34. The van der Waals surface area contributed by atoms with Crippen molar-refractivity contribution in [1.29, 1.82) is 0 Å². The molecule has 0 aliphatic carbocycles. The molecule has 1 N–H and O–H groups in total. The summed E-state index contributed by atoms with van der Waals surface area (Å²) in [4.78, 5) is 54.2. The molecule has 1 amide bonds. The quantitative estimate of drug-likeness (QED) is 0.113. The van der Waals surface area contributed by atoms with Crippen LogP contribution in [0, 0.1) is 10.1 Å². The summed E-state index contributed by atoms with van der Waals surface area (Å²) in [6, 6.07) is 5.57. The third-order valence-electron chi connectivity index (χ3n) is 3.63. The number of nitro groups is 1. The molecule has 0 spiro atoms. The SMILES string of the molecule is CC(CC(=O)OCc1ccc([N+](=O)[O-])cc1)O/N=C(\C(=O)Cl)c1csc(NC(=O)CCl)n1.Cl. The van der Waals surface area contributed by atoms with Gasteiger partial charge in [0.15, 0.2) is 10.8 Å². The van der Waals surface area contributed by atoms with Crippen molar-refractivity contribution >= 4 is 80.6 Å². The minimum Gasteiger partial charge on any atom is -0.461 e. The fourth-order valence-electron chi connectivity index (χ4n) is 2.13. The third-order valence-corrected chi connectivity index (χ3v) is 4.81. The fourth-order valence-corrected chi connectivity index (χ4v) is 3.04. The van der Waals surface area contributed by atoms with Gasteiger partial charge in [0.2, 0.25) is 5.91 Å². The zero-order valence-corrected chi connectivity index (χ0v) is 20.0. The monoisotopic (exact) mass is 538 g/mol. The second-order valence-corrected chi connectivity index (χ2v) is 7.61. The average Bonchev–Trinajstić information content (AvgIpc) is 3.20. The Bertz CT molecular complexity index is 1030. The summed E-state index contributed by atoms with van der Waals surface area (Å²) in [6.07, 6.45) is -0.951. The summed E-state index contributed by atoms with van der Waals surface area (Å²) in [6.45, 7) is 1.45. The molecule has 0 fully saturated rings. The number of nitrogens with one attached hydrogen (secondary N) is 1. The maximum Gasteiger partial charge on any atom is 0.309 e. The van der Waals surface area contributed by atoms with E-state index in [2.05, 4.69) is 15.5 Å². The number of hydrogen-bond donors (Lipinski definition) is 1. The van der Waals surface area contributed by atoms with E-state index < -0.39 is 28.1 Å². The van der Waals surface area contributed by atoms with Gasteiger partial charge < -0.3 is 14.9 Å². The first kappa shape index (κ1) is 28.2. The maximum absolute atomic E-state index is 12.0. The number of non-ortho nitro benzene ring substituents is 1. The van der Waals surface area contributed by atoms with Crippen LogP contribution in [-0.4, -0.2) is 44.7 Å². The van der Waals surface area contributed by atoms with Crippen LogP contribution in [0.3, 0.4) is 0 Å². The van der Waals surface area contributed by atoms with Gasteiger partial charge in [-0.3, -0.25) is 24.5 Å². The average molecular weight is 540 g/mol. The van der Waals surface area contributed by atoms with Gasteiger partial charge in [0.25, 0.3) is 10.9 Å². The van der Waals surface area contributed by atoms with Crippen molar-refractivity contribution in [3.05, 3.63) is 51.0 Å². The smallest absolute Gasteiger partial charge is 0.309 e. The van der Waals surface area contributed by atoms with E-state index in [-0.39, 0.29) is 53.5 Å². The van der Waals surface area contributed by atoms with Gasteiger partial charge in [0, 0.05) is 17.5 Å². The van der Waals surface area contributed by atoms with Gasteiger partial charge in [-0.25, -0.2) is 4.98 Å². The third kappa shape index (κ3) is 9.30. The van der Waals surface area contributed by atoms with Crippen LogP contribution in [0.25, 0.3) is 0 Å². The highest BCUT2D eigenvalue weighted by Gasteiger charge is 2.19. The largest absolute Gasteiger partial charge is 0.461 e. The normalized spacial score (nSPS) is 11.7. The lowest BCUT2D eigenvalue weighted by Gasteiger charge is -2.10. The van der Waals surface area contributed by atoms with Crippen LogP contribution in [0.5, 0.6) is 0 Å². The van der Waals surface area contributed by atoms with E-state index in [4.69, 9.17) is 32.8 Å². The molecule has 15 heteroatoms. The van der Waals surface area contributed by atoms with Crippen molar-refractivity contribution in [2.75, 3.05) is 11.2 Å². The predicted octanol–water partition coefficient (Wildman–Crippen LogP) is 3.66. The van der Waals surface area contributed by atoms with Crippen LogP contribution in [0.15, 0.2) is 34.8 Å². The molecule has 1 atom stereocenters. The maximum atomic E-state index is 12.0. The van der Waals surface area contributed by atoms with Crippen molar-refractivity contribution < 1.29 is 28.9 Å². The number of oxime groups is 1. The van der Waals surface area contributed by atoms with Crippen LogP contribution in [0.1, 0.15) is 24.6 Å². The molecule has 1 unspecified atom stereocenters. The number of esters is 1. The molecule has 11 nitrogen and oxygen atoms in total. The summed E-state index contributed by atoms with van der Waals surface area (Å²) >= 11 is 12.0. The second-order valence-electron chi connectivity index (χ2n) is 6.14. The summed E-state index contributed by atoms with van der Waals surface area (Å²) < 4.78 is 5.10. The number of nitrogens with zero attached hydrogens (tertiary/aromatic N) is 3. The molecule has 0 bridgehead atoms. The molecule has 1 aromatic heterocycles. The first-order chi connectivity index (χ1) is 15.2. The van der Waals surface area contributed by atoms with Gasteiger partial charge >= 0.3 is 5.97 Å². The van der Waals surface area contributed by atoms with Crippen LogP contribution in [0.2, 0.25) is 0 Å². The fraction of sp³-hybridized carbons (Fsp3) is 0.278. The van der Waals surface area contributed by atoms with Crippen LogP contribution in [-0.2, 0) is 30.6 Å². The van der Waals surface area contributed by atoms with Crippen molar-refractivity contribution in [2.24, 2.45) is 5.16 Å². The standard InChI is InChI=1S/C18H16Cl2N4O7S.ClH/c1-10(6-15(26)30-8-11-2-4-12(5-3-11)24(28)29)31-23-16(17(20)27)13-9-32-18(21-13)22-14(25)7-19;/h2-5,9-10H,6-8H2,1H3,(H,21,22,25);1H/b23-16-;. The number of benzene rings is 1. The zero-order chi connectivity index (χ0) is 23.7. The van der Waals surface area contributed by atoms with E-state index in [0.717, 1.165) is 11.3 Å². The summed E-state index contributed by atoms with van der Waals surface area (Å²) in [7, 11) is 0. The number of nitro benzene ring substituents is 1. The number of halogens is 3. The van der Waals surface area contributed by atoms with E-state index in [1.54, 1.807) is 0 Å². The van der Waals surface area contributed by atoms with Crippen LogP contribution < -0.4 is 5.32 Å². The Hall–Kier alpha value is -2.80. The van der Waals surface area contributed by atoms with E-state index in [1.165, 1.54) is 36.6 Å². The Balaban J connectivity index is 0.00000544. The molecule has 2 rings (SSSR count). The highest BCUT2D eigenvalue weighted by Crippen LogP contribution is 2.18. The highest BCUT2D eigenvalue weighted by atomic mass is 35.5. The van der Waals surface area contributed by atoms with E-state index in [0.29, 0.717) is 5.56 Å². The molecule has 0 saturated carbocycles. The predicted molar refractivity (Wildman–Crippen MR) is 124 cm³/mol. The number of thiazole rings is 1. The molecule has 178 valence electrons. The number of ether oxygens (including phenoxy) is 1. The molecule has 1 aromatic carbocycles. The molecule has 0 saturated heterocycles. The lowest BCUT2D eigenvalue weighted by molar-refractivity contribution is -0.384. The second kappa shape index (κ2) is 13.7. The van der Waals surface area contributed by atoms with Gasteiger partial charge in [-0.05, 0) is 36.2 Å². The number of anilines is 1. The molecular formula is C18H17Cl3N4O7S. The number of carbonyl (C=O) groups is 3. The molecule has 1 heterocycles. The number of hydrogen-bond acceptors (Lipinski definition) is 10. The van der Waals surface area contributed by atoms with E-state index in [9.17, 15) is 24.5 Å². The van der Waals surface area contributed by atoms with Crippen molar-refractivity contribution in [3.8, 4) is 0 Å². The first-order valence-corrected chi connectivity index (χ1v) is 10.6. The molecule has 0 aliphatic heterocycles. The topological polar surface area (TPSA) is 150 Å². The number of aromatic nitrogens is 1. The zero-order valence-electron chi connectivity index (χ0n) is 16.9. The first-order valence-electron chi connectivity index (χ1n) is 8.84. The van der Waals surface area contributed by atoms with Gasteiger partial charge in [-0.2, -0.15) is 0 Å².